The van der Waals surface area contributed by atoms with Gasteiger partial charge in [-0.3, -0.25) is 0 Å². The third-order valence-electron chi connectivity index (χ3n) is 3.45. The molecular weight excluding hydrogens is 264 g/mol. The van der Waals surface area contributed by atoms with E-state index in [1.54, 1.807) is 0 Å². The minimum atomic E-state index is 0.605. The highest BCUT2D eigenvalue weighted by Gasteiger charge is 2.21. The van der Waals surface area contributed by atoms with Crippen molar-refractivity contribution >= 4 is 27.3 Å². The molecule has 0 amide bonds. The molecule has 0 radical (unpaired) electrons. The molecule has 0 saturated heterocycles. The molecule has 1 aromatic rings. The van der Waals surface area contributed by atoms with E-state index >= 15 is 0 Å². The lowest BCUT2D eigenvalue weighted by Crippen LogP contribution is -2.30. The molecular formula is C13H19BrN2. The lowest BCUT2D eigenvalue weighted by Gasteiger charge is -2.30. The number of nitrogens with two attached hydrogens (primary N) is 1. The van der Waals surface area contributed by atoms with Gasteiger partial charge in [-0.2, -0.15) is 0 Å². The van der Waals surface area contributed by atoms with Crippen LogP contribution in [0, 0.1) is 5.92 Å². The van der Waals surface area contributed by atoms with Gasteiger partial charge in [-0.05, 0) is 52.9 Å². The highest BCUT2D eigenvalue weighted by atomic mass is 79.9. The first kappa shape index (κ1) is 11.8. The molecule has 2 unspecified atom stereocenters. The van der Waals surface area contributed by atoms with Crippen molar-refractivity contribution in [3.05, 3.63) is 22.7 Å². The van der Waals surface area contributed by atoms with Gasteiger partial charge in [0.1, 0.15) is 0 Å². The van der Waals surface area contributed by atoms with E-state index in [1.165, 1.54) is 25.7 Å². The van der Waals surface area contributed by atoms with E-state index in [9.17, 15) is 0 Å². The van der Waals surface area contributed by atoms with Gasteiger partial charge in [0, 0.05) is 21.9 Å². The number of anilines is 2. The number of nitrogens with one attached hydrogen (secondary N) is 1. The number of rotatable bonds is 2. The van der Waals surface area contributed by atoms with Gasteiger partial charge < -0.3 is 11.1 Å². The highest BCUT2D eigenvalue weighted by Crippen LogP contribution is 2.30. The van der Waals surface area contributed by atoms with Crippen molar-refractivity contribution in [1.29, 1.82) is 0 Å². The predicted octanol–water partition coefficient (Wildman–Crippen LogP) is 4.02. The third kappa shape index (κ3) is 2.70. The molecule has 3 N–H and O–H groups in total. The molecule has 0 aliphatic heterocycles. The Bertz CT molecular complexity index is 365. The summed E-state index contributed by atoms with van der Waals surface area (Å²) in [5.74, 6) is 0.762. The predicted molar refractivity (Wildman–Crippen MR) is 73.6 cm³/mol. The van der Waals surface area contributed by atoms with Crippen LogP contribution in [0.15, 0.2) is 22.7 Å². The molecule has 0 heterocycles. The maximum absolute atomic E-state index is 5.73. The molecule has 2 rings (SSSR count). The second-order valence-electron chi connectivity index (χ2n) is 4.75. The van der Waals surface area contributed by atoms with Crippen molar-refractivity contribution in [3.63, 3.8) is 0 Å². The van der Waals surface area contributed by atoms with Crippen LogP contribution in [-0.4, -0.2) is 6.04 Å². The Labute approximate surface area is 106 Å². The topological polar surface area (TPSA) is 38.0 Å². The van der Waals surface area contributed by atoms with Gasteiger partial charge in [-0.25, -0.2) is 0 Å². The van der Waals surface area contributed by atoms with Gasteiger partial charge >= 0.3 is 0 Å². The lowest BCUT2D eigenvalue weighted by atomic mass is 9.86. The van der Waals surface area contributed by atoms with Crippen molar-refractivity contribution in [1.82, 2.24) is 0 Å². The molecule has 0 aromatic heterocycles. The number of halogens is 1. The second kappa shape index (κ2) is 5.09. The Morgan fingerprint density at radius 1 is 1.31 bits per heavy atom. The average molecular weight is 283 g/mol. The van der Waals surface area contributed by atoms with Crippen LogP contribution in [0.25, 0.3) is 0 Å². The molecule has 16 heavy (non-hydrogen) atoms. The van der Waals surface area contributed by atoms with E-state index < -0.39 is 0 Å². The number of benzene rings is 1. The summed E-state index contributed by atoms with van der Waals surface area (Å²) in [5.41, 5.74) is 7.69. The third-order valence-corrected chi connectivity index (χ3v) is 4.10. The van der Waals surface area contributed by atoms with Gasteiger partial charge in [0.2, 0.25) is 0 Å². The normalized spacial score (nSPS) is 25.4. The molecule has 2 nitrogen and oxygen atoms in total. The monoisotopic (exact) mass is 282 g/mol. The first-order chi connectivity index (χ1) is 7.66. The van der Waals surface area contributed by atoms with Gasteiger partial charge in [0.15, 0.2) is 0 Å². The van der Waals surface area contributed by atoms with Crippen LogP contribution in [0.2, 0.25) is 0 Å². The van der Waals surface area contributed by atoms with Crippen molar-refractivity contribution in [2.24, 2.45) is 5.92 Å². The fourth-order valence-corrected chi connectivity index (χ4v) is 2.89. The summed E-state index contributed by atoms with van der Waals surface area (Å²) >= 11 is 3.55. The fraction of sp³-hybridized carbons (Fsp3) is 0.538. The highest BCUT2D eigenvalue weighted by molar-refractivity contribution is 9.10. The summed E-state index contributed by atoms with van der Waals surface area (Å²) in [4.78, 5) is 0. The molecule has 88 valence electrons. The van der Waals surface area contributed by atoms with E-state index in [-0.39, 0.29) is 0 Å². The summed E-state index contributed by atoms with van der Waals surface area (Å²) in [7, 11) is 0. The first-order valence-electron chi connectivity index (χ1n) is 5.98. The van der Waals surface area contributed by atoms with Crippen molar-refractivity contribution in [2.45, 2.75) is 38.6 Å². The van der Waals surface area contributed by atoms with Crippen LogP contribution >= 0.6 is 15.9 Å². The van der Waals surface area contributed by atoms with Crippen LogP contribution in [0.1, 0.15) is 32.6 Å². The van der Waals surface area contributed by atoms with Crippen LogP contribution in [-0.2, 0) is 0 Å². The largest absolute Gasteiger partial charge is 0.399 e. The zero-order chi connectivity index (χ0) is 11.5. The fourth-order valence-electron chi connectivity index (χ4n) is 2.38. The molecule has 1 saturated carbocycles. The van der Waals surface area contributed by atoms with E-state index in [0.29, 0.717) is 6.04 Å². The van der Waals surface area contributed by atoms with Gasteiger partial charge in [-0.1, -0.05) is 19.8 Å². The van der Waals surface area contributed by atoms with Crippen molar-refractivity contribution in [2.75, 3.05) is 11.1 Å². The summed E-state index contributed by atoms with van der Waals surface area (Å²) in [6.45, 7) is 2.34. The Balaban J connectivity index is 2.07. The van der Waals surface area contributed by atoms with Gasteiger partial charge in [-0.15, -0.1) is 0 Å². The quantitative estimate of drug-likeness (QED) is 0.804. The van der Waals surface area contributed by atoms with Crippen molar-refractivity contribution in [3.8, 4) is 0 Å². The zero-order valence-electron chi connectivity index (χ0n) is 9.67. The SMILES string of the molecule is CC1CCCCC1Nc1ccc(N)cc1Br. The van der Waals surface area contributed by atoms with Gasteiger partial charge in [0.25, 0.3) is 0 Å². The minimum Gasteiger partial charge on any atom is -0.399 e. The number of hydrogen-bond donors (Lipinski definition) is 2. The molecule has 1 aliphatic rings. The van der Waals surface area contributed by atoms with Crippen LogP contribution in [0.3, 0.4) is 0 Å². The number of hydrogen-bond acceptors (Lipinski definition) is 2. The van der Waals surface area contributed by atoms with E-state index in [0.717, 1.165) is 21.8 Å². The molecule has 1 fully saturated rings. The standard InChI is InChI=1S/C13H19BrN2/c1-9-4-2-3-5-12(9)16-13-7-6-10(15)8-11(13)14/h6-9,12,16H,2-5,15H2,1H3. The Hall–Kier alpha value is -0.700. The maximum atomic E-state index is 5.73. The Morgan fingerprint density at radius 2 is 2.06 bits per heavy atom. The first-order valence-corrected chi connectivity index (χ1v) is 6.77. The average Bonchev–Trinajstić information content (AvgIpc) is 2.25. The summed E-state index contributed by atoms with van der Waals surface area (Å²) in [6.07, 6.45) is 5.33. The Morgan fingerprint density at radius 3 is 2.75 bits per heavy atom. The zero-order valence-corrected chi connectivity index (χ0v) is 11.3. The molecule has 0 bridgehead atoms. The molecule has 3 heteroatoms. The van der Waals surface area contributed by atoms with Crippen LogP contribution in [0.5, 0.6) is 0 Å². The van der Waals surface area contributed by atoms with E-state index in [2.05, 4.69) is 34.2 Å². The molecule has 1 aliphatic carbocycles. The van der Waals surface area contributed by atoms with Crippen LogP contribution in [0.4, 0.5) is 11.4 Å². The summed E-state index contributed by atoms with van der Waals surface area (Å²) in [6, 6.07) is 6.56. The molecule has 2 atom stereocenters. The van der Waals surface area contributed by atoms with Crippen molar-refractivity contribution < 1.29 is 0 Å². The second-order valence-corrected chi connectivity index (χ2v) is 5.61. The Kier molecular flexibility index (Phi) is 3.74. The summed E-state index contributed by atoms with van der Waals surface area (Å²) < 4.78 is 1.06. The lowest BCUT2D eigenvalue weighted by molar-refractivity contribution is 0.349. The smallest absolute Gasteiger partial charge is 0.0488 e. The maximum Gasteiger partial charge on any atom is 0.0488 e. The van der Waals surface area contributed by atoms with E-state index in [1.807, 2.05) is 12.1 Å². The minimum absolute atomic E-state index is 0.605. The molecule has 1 aromatic carbocycles. The van der Waals surface area contributed by atoms with Gasteiger partial charge in [0.05, 0.1) is 0 Å². The molecule has 0 spiro atoms. The van der Waals surface area contributed by atoms with Crippen LogP contribution < -0.4 is 11.1 Å². The number of nitrogen functional groups attached to an aromatic ring is 1. The summed E-state index contributed by atoms with van der Waals surface area (Å²) in [5, 5.41) is 3.62. The van der Waals surface area contributed by atoms with E-state index in [4.69, 9.17) is 5.73 Å².